The zero-order valence-corrected chi connectivity index (χ0v) is 14.9. The van der Waals surface area contributed by atoms with Gasteiger partial charge in [-0.2, -0.15) is 0 Å². The van der Waals surface area contributed by atoms with Crippen molar-refractivity contribution in [1.82, 2.24) is 5.32 Å². The van der Waals surface area contributed by atoms with Crippen LogP contribution in [0.3, 0.4) is 0 Å². The lowest BCUT2D eigenvalue weighted by Gasteiger charge is -2.26. The summed E-state index contributed by atoms with van der Waals surface area (Å²) in [5, 5.41) is 3.48. The third kappa shape index (κ3) is 6.38. The van der Waals surface area contributed by atoms with E-state index in [0.717, 1.165) is 17.4 Å². The molecule has 0 aliphatic carbocycles. The average Bonchev–Trinajstić information content (AvgIpc) is 2.34. The molecule has 0 aliphatic rings. The second kappa shape index (κ2) is 8.81. The van der Waals surface area contributed by atoms with Gasteiger partial charge < -0.3 is 10.1 Å². The van der Waals surface area contributed by atoms with Crippen LogP contribution < -0.4 is 5.32 Å². The topological polar surface area (TPSA) is 21.3 Å². The van der Waals surface area contributed by atoms with Crippen molar-refractivity contribution >= 4 is 15.9 Å². The standard InChI is InChI=1S/C17H28BrNO/c1-12(2)10-14(5)20-17(11-19-13(3)4)15-8-6-7-9-16(15)18/h6-9,12-14,17,19H,10-11H2,1-5H3. The van der Waals surface area contributed by atoms with Crippen molar-refractivity contribution in [2.45, 2.75) is 59.3 Å². The Morgan fingerprint density at radius 2 is 1.75 bits per heavy atom. The molecule has 0 fully saturated rings. The van der Waals surface area contributed by atoms with Crippen LogP contribution in [0.2, 0.25) is 0 Å². The van der Waals surface area contributed by atoms with E-state index in [1.54, 1.807) is 0 Å². The molecule has 1 N–H and O–H groups in total. The van der Waals surface area contributed by atoms with Crippen LogP contribution in [0.25, 0.3) is 0 Å². The third-order valence-corrected chi connectivity index (χ3v) is 3.89. The van der Waals surface area contributed by atoms with Gasteiger partial charge >= 0.3 is 0 Å². The van der Waals surface area contributed by atoms with E-state index in [2.05, 4.69) is 74.1 Å². The molecule has 0 radical (unpaired) electrons. The van der Waals surface area contributed by atoms with Gasteiger partial charge in [-0.05, 0) is 30.9 Å². The number of hydrogen-bond acceptors (Lipinski definition) is 2. The first-order valence-corrected chi connectivity index (χ1v) is 8.32. The van der Waals surface area contributed by atoms with Gasteiger partial charge in [-0.15, -0.1) is 0 Å². The molecule has 0 heterocycles. The molecule has 1 rings (SSSR count). The van der Waals surface area contributed by atoms with E-state index in [-0.39, 0.29) is 12.2 Å². The molecule has 114 valence electrons. The Kier molecular flexibility index (Phi) is 7.78. The van der Waals surface area contributed by atoms with Gasteiger partial charge in [0.15, 0.2) is 0 Å². The Balaban J connectivity index is 2.77. The van der Waals surface area contributed by atoms with E-state index in [0.29, 0.717) is 12.0 Å². The second-order valence-corrected chi connectivity index (χ2v) is 7.00. The zero-order chi connectivity index (χ0) is 15.1. The minimum Gasteiger partial charge on any atom is -0.369 e. The third-order valence-electron chi connectivity index (χ3n) is 3.16. The molecular weight excluding hydrogens is 314 g/mol. The largest absolute Gasteiger partial charge is 0.369 e. The SMILES string of the molecule is CC(C)CC(C)OC(CNC(C)C)c1ccccc1Br. The van der Waals surface area contributed by atoms with E-state index < -0.39 is 0 Å². The molecule has 2 unspecified atom stereocenters. The molecule has 1 aromatic carbocycles. The summed E-state index contributed by atoms with van der Waals surface area (Å²) in [5.74, 6) is 0.655. The Morgan fingerprint density at radius 1 is 1.10 bits per heavy atom. The Labute approximate surface area is 132 Å². The Bertz CT molecular complexity index is 392. The minimum atomic E-state index is 0.0849. The van der Waals surface area contributed by atoms with Gasteiger partial charge in [-0.1, -0.05) is 61.8 Å². The van der Waals surface area contributed by atoms with Gasteiger partial charge in [-0.3, -0.25) is 0 Å². The lowest BCUT2D eigenvalue weighted by atomic mass is 10.1. The van der Waals surface area contributed by atoms with Crippen molar-refractivity contribution in [1.29, 1.82) is 0 Å². The molecule has 1 aromatic rings. The van der Waals surface area contributed by atoms with Crippen LogP contribution in [0.5, 0.6) is 0 Å². The maximum Gasteiger partial charge on any atom is 0.0963 e. The summed E-state index contributed by atoms with van der Waals surface area (Å²) in [6.45, 7) is 11.8. The molecule has 2 nitrogen and oxygen atoms in total. The predicted octanol–water partition coefficient (Wildman–Crippen LogP) is 4.94. The minimum absolute atomic E-state index is 0.0849. The van der Waals surface area contributed by atoms with E-state index in [1.165, 1.54) is 5.56 Å². The first kappa shape index (κ1) is 17.7. The summed E-state index contributed by atoms with van der Waals surface area (Å²) in [5.41, 5.74) is 1.22. The Morgan fingerprint density at radius 3 is 2.30 bits per heavy atom. The van der Waals surface area contributed by atoms with Gasteiger partial charge in [0.05, 0.1) is 12.2 Å². The van der Waals surface area contributed by atoms with Gasteiger partial charge in [-0.25, -0.2) is 0 Å². The maximum absolute atomic E-state index is 6.29. The highest BCUT2D eigenvalue weighted by Crippen LogP contribution is 2.27. The molecule has 0 amide bonds. The van der Waals surface area contributed by atoms with Crippen molar-refractivity contribution < 1.29 is 4.74 Å². The van der Waals surface area contributed by atoms with Crippen LogP contribution in [-0.4, -0.2) is 18.7 Å². The number of ether oxygens (including phenoxy) is 1. The van der Waals surface area contributed by atoms with Crippen molar-refractivity contribution in [3.8, 4) is 0 Å². The van der Waals surface area contributed by atoms with E-state index in [1.807, 2.05) is 6.07 Å². The number of rotatable bonds is 8. The average molecular weight is 342 g/mol. The number of benzene rings is 1. The summed E-state index contributed by atoms with van der Waals surface area (Å²) in [7, 11) is 0. The quantitative estimate of drug-likeness (QED) is 0.722. The highest BCUT2D eigenvalue weighted by molar-refractivity contribution is 9.10. The van der Waals surface area contributed by atoms with E-state index >= 15 is 0 Å². The van der Waals surface area contributed by atoms with E-state index in [4.69, 9.17) is 4.74 Å². The first-order valence-electron chi connectivity index (χ1n) is 7.53. The highest BCUT2D eigenvalue weighted by atomic mass is 79.9. The van der Waals surface area contributed by atoms with Crippen molar-refractivity contribution in [3.05, 3.63) is 34.3 Å². The lowest BCUT2D eigenvalue weighted by Crippen LogP contribution is -2.31. The fraction of sp³-hybridized carbons (Fsp3) is 0.647. The molecule has 0 aromatic heterocycles. The molecule has 0 saturated carbocycles. The van der Waals surface area contributed by atoms with Crippen LogP contribution in [0, 0.1) is 5.92 Å². The summed E-state index contributed by atoms with van der Waals surface area (Å²) < 4.78 is 7.40. The van der Waals surface area contributed by atoms with Crippen molar-refractivity contribution in [2.24, 2.45) is 5.92 Å². The van der Waals surface area contributed by atoms with Crippen LogP contribution in [0.1, 0.15) is 52.7 Å². The molecule has 20 heavy (non-hydrogen) atoms. The van der Waals surface area contributed by atoms with Crippen molar-refractivity contribution in [2.75, 3.05) is 6.54 Å². The maximum atomic E-state index is 6.29. The highest BCUT2D eigenvalue weighted by Gasteiger charge is 2.18. The van der Waals surface area contributed by atoms with Gasteiger partial charge in [0.25, 0.3) is 0 Å². The number of halogens is 1. The van der Waals surface area contributed by atoms with Crippen molar-refractivity contribution in [3.63, 3.8) is 0 Å². The smallest absolute Gasteiger partial charge is 0.0963 e. The predicted molar refractivity (Wildman–Crippen MR) is 90.0 cm³/mol. The number of nitrogens with one attached hydrogen (secondary N) is 1. The molecule has 0 aliphatic heterocycles. The Hall–Kier alpha value is -0.380. The normalized spacial score (nSPS) is 14.8. The van der Waals surface area contributed by atoms with Gasteiger partial charge in [0.1, 0.15) is 0 Å². The lowest BCUT2D eigenvalue weighted by molar-refractivity contribution is -0.0137. The zero-order valence-electron chi connectivity index (χ0n) is 13.3. The molecule has 0 saturated heterocycles. The molecule has 2 atom stereocenters. The summed E-state index contributed by atoms with van der Waals surface area (Å²) in [4.78, 5) is 0. The molecule has 3 heteroatoms. The molecule has 0 spiro atoms. The fourth-order valence-electron chi connectivity index (χ4n) is 2.31. The second-order valence-electron chi connectivity index (χ2n) is 6.15. The van der Waals surface area contributed by atoms with Gasteiger partial charge in [0.2, 0.25) is 0 Å². The monoisotopic (exact) mass is 341 g/mol. The number of hydrogen-bond donors (Lipinski definition) is 1. The van der Waals surface area contributed by atoms with Gasteiger partial charge in [0, 0.05) is 17.1 Å². The first-order chi connectivity index (χ1) is 9.40. The fourth-order valence-corrected chi connectivity index (χ4v) is 2.85. The summed E-state index contributed by atoms with van der Waals surface area (Å²) >= 11 is 3.64. The molecule has 0 bridgehead atoms. The van der Waals surface area contributed by atoms with Crippen LogP contribution in [-0.2, 0) is 4.74 Å². The van der Waals surface area contributed by atoms with Crippen LogP contribution >= 0.6 is 15.9 Å². The van der Waals surface area contributed by atoms with E-state index in [9.17, 15) is 0 Å². The van der Waals surface area contributed by atoms with Crippen LogP contribution in [0.4, 0.5) is 0 Å². The summed E-state index contributed by atoms with van der Waals surface area (Å²) in [6.07, 6.45) is 1.44. The molecular formula is C17H28BrNO. The summed E-state index contributed by atoms with van der Waals surface area (Å²) in [6, 6.07) is 8.79. The van der Waals surface area contributed by atoms with Crippen LogP contribution in [0.15, 0.2) is 28.7 Å².